The molecule has 1 fully saturated rings. The Balaban J connectivity index is 1.63. The maximum atomic E-state index is 10.3. The second-order valence-electron chi connectivity index (χ2n) is 9.93. The predicted octanol–water partition coefficient (Wildman–Crippen LogP) is 6.35. The lowest BCUT2D eigenvalue weighted by molar-refractivity contribution is 0.115. The van der Waals surface area contributed by atoms with Crippen molar-refractivity contribution in [2.24, 2.45) is 0 Å². The lowest BCUT2D eigenvalue weighted by atomic mass is 9.96. The van der Waals surface area contributed by atoms with Gasteiger partial charge in [-0.25, -0.2) is 4.98 Å². The summed E-state index contributed by atoms with van der Waals surface area (Å²) < 4.78 is 14.1. The smallest absolute Gasteiger partial charge is 0.157 e. The number of hydrogen-bond donors (Lipinski definition) is 0. The van der Waals surface area contributed by atoms with E-state index in [0.29, 0.717) is 24.2 Å². The van der Waals surface area contributed by atoms with Crippen LogP contribution in [-0.2, 0) is 17.7 Å². The van der Waals surface area contributed by atoms with Gasteiger partial charge in [-0.1, -0.05) is 42.0 Å². The molecule has 0 saturated carbocycles. The van der Waals surface area contributed by atoms with Crippen LogP contribution in [0.2, 0.25) is 0 Å². The highest BCUT2D eigenvalue weighted by Crippen LogP contribution is 2.36. The first-order valence-electron chi connectivity index (χ1n) is 12.9. The minimum atomic E-state index is 0.142. The van der Waals surface area contributed by atoms with Crippen molar-refractivity contribution in [2.75, 3.05) is 18.1 Å². The summed E-state index contributed by atoms with van der Waals surface area (Å²) in [7, 11) is 0. The normalized spacial score (nSPS) is 15.4. The molecule has 2 aromatic carbocycles. The van der Waals surface area contributed by atoms with Gasteiger partial charge in [-0.2, -0.15) is 5.26 Å². The summed E-state index contributed by atoms with van der Waals surface area (Å²) in [4.78, 5) is 7.31. The second-order valence-corrected chi connectivity index (χ2v) is 9.93. The van der Waals surface area contributed by atoms with Crippen LogP contribution in [-0.4, -0.2) is 28.6 Å². The predicted molar refractivity (Wildman–Crippen MR) is 145 cm³/mol. The molecule has 4 heterocycles. The molecule has 0 aliphatic carbocycles. The van der Waals surface area contributed by atoms with Crippen molar-refractivity contribution in [3.05, 3.63) is 101 Å². The van der Waals surface area contributed by atoms with Gasteiger partial charge in [0.1, 0.15) is 17.6 Å². The van der Waals surface area contributed by atoms with E-state index in [-0.39, 0.29) is 6.10 Å². The number of fused-ring (bicyclic) bond motifs is 3. The van der Waals surface area contributed by atoms with Gasteiger partial charge in [0, 0.05) is 25.1 Å². The minimum Gasteiger partial charge on any atom is -0.467 e. The lowest BCUT2D eigenvalue weighted by Gasteiger charge is -2.31. The molecule has 0 N–H and O–H groups in total. The van der Waals surface area contributed by atoms with Crippen LogP contribution in [0.15, 0.2) is 71.3 Å². The summed E-state index contributed by atoms with van der Waals surface area (Å²) in [5.41, 5.74) is 7.72. The van der Waals surface area contributed by atoms with Crippen LogP contribution in [0.1, 0.15) is 46.4 Å². The van der Waals surface area contributed by atoms with Gasteiger partial charge < -0.3 is 14.1 Å². The summed E-state index contributed by atoms with van der Waals surface area (Å²) in [5, 5.41) is 10.3. The Bertz CT molecular complexity index is 1590. The molecule has 1 saturated heterocycles. The highest BCUT2D eigenvalue weighted by molar-refractivity contribution is 5.86. The quantitative estimate of drug-likeness (QED) is 0.266. The molecular weight excluding hydrogens is 460 g/mol. The number of nitriles is 1. The van der Waals surface area contributed by atoms with Crippen LogP contribution in [0.5, 0.6) is 0 Å². The number of furan rings is 1. The van der Waals surface area contributed by atoms with E-state index in [1.807, 2.05) is 30.3 Å². The monoisotopic (exact) mass is 490 g/mol. The van der Waals surface area contributed by atoms with Gasteiger partial charge in [-0.05, 0) is 62.1 Å². The molecule has 6 rings (SSSR count). The van der Waals surface area contributed by atoms with E-state index in [9.17, 15) is 5.26 Å². The van der Waals surface area contributed by atoms with E-state index in [2.05, 4.69) is 59.5 Å². The molecule has 5 aromatic rings. The third kappa shape index (κ3) is 4.36. The van der Waals surface area contributed by atoms with Crippen molar-refractivity contribution in [3.8, 4) is 6.07 Å². The van der Waals surface area contributed by atoms with E-state index in [1.165, 1.54) is 11.1 Å². The molecule has 1 unspecified atom stereocenters. The van der Waals surface area contributed by atoms with Crippen LogP contribution < -0.4 is 4.90 Å². The number of hydrogen-bond acceptors (Lipinski definition) is 5. The second kappa shape index (κ2) is 9.76. The van der Waals surface area contributed by atoms with Crippen molar-refractivity contribution >= 4 is 22.5 Å². The van der Waals surface area contributed by atoms with Gasteiger partial charge in [-0.15, -0.1) is 0 Å². The van der Waals surface area contributed by atoms with Gasteiger partial charge >= 0.3 is 0 Å². The van der Waals surface area contributed by atoms with Crippen LogP contribution in [0.3, 0.4) is 0 Å². The van der Waals surface area contributed by atoms with Crippen molar-refractivity contribution in [2.45, 2.75) is 45.8 Å². The summed E-state index contributed by atoms with van der Waals surface area (Å²) in [6.07, 6.45) is 4.68. The first-order chi connectivity index (χ1) is 18.1. The van der Waals surface area contributed by atoms with E-state index in [0.717, 1.165) is 59.7 Å². The van der Waals surface area contributed by atoms with E-state index in [4.69, 9.17) is 14.1 Å². The zero-order chi connectivity index (χ0) is 25.4. The summed E-state index contributed by atoms with van der Waals surface area (Å²) in [6, 6.07) is 23.2. The van der Waals surface area contributed by atoms with Crippen LogP contribution in [0.25, 0.3) is 16.7 Å². The Morgan fingerprint density at radius 3 is 2.65 bits per heavy atom. The van der Waals surface area contributed by atoms with Crippen LogP contribution in [0, 0.1) is 25.2 Å². The molecule has 1 aliphatic rings. The van der Waals surface area contributed by atoms with E-state index < -0.39 is 0 Å². The lowest BCUT2D eigenvalue weighted by Crippen LogP contribution is -2.34. The highest BCUT2D eigenvalue weighted by Gasteiger charge is 2.28. The van der Waals surface area contributed by atoms with Gasteiger partial charge in [0.2, 0.25) is 0 Å². The third-order valence-corrected chi connectivity index (χ3v) is 7.38. The average molecular weight is 491 g/mol. The van der Waals surface area contributed by atoms with Crippen LogP contribution in [0.4, 0.5) is 5.82 Å². The summed E-state index contributed by atoms with van der Waals surface area (Å²) in [5.74, 6) is 1.94. The summed E-state index contributed by atoms with van der Waals surface area (Å²) >= 11 is 0. The number of ether oxygens (including phenoxy) is 1. The number of rotatable bonds is 7. The standard InChI is InChI=1S/C31H30N4O2/c1-21-11-13-23(14-12-21)17-26-22(2)27(18-32)30-33-28-9-3-4-10-29(28)35(30)31(26)34(19-24-7-5-15-36-24)20-25-8-6-16-37-25/h3-5,7,9-15,25H,6,8,16-17,19-20H2,1-2H3. The molecule has 0 bridgehead atoms. The molecule has 1 aliphatic heterocycles. The highest BCUT2D eigenvalue weighted by atomic mass is 16.5. The molecule has 6 nitrogen and oxygen atoms in total. The number of nitrogens with zero attached hydrogens (tertiary/aromatic N) is 4. The minimum absolute atomic E-state index is 0.142. The molecular formula is C31H30N4O2. The van der Waals surface area contributed by atoms with Crippen molar-refractivity contribution in [3.63, 3.8) is 0 Å². The fraction of sp³-hybridized carbons (Fsp3) is 0.290. The molecule has 0 amide bonds. The number of para-hydroxylation sites is 2. The van der Waals surface area contributed by atoms with Crippen molar-refractivity contribution < 1.29 is 9.15 Å². The first kappa shape index (κ1) is 23.3. The Hall–Kier alpha value is -4.08. The molecule has 186 valence electrons. The SMILES string of the molecule is Cc1ccc(Cc2c(C)c(C#N)c3nc4ccccc4n3c2N(Cc2ccco2)CC2CCCO2)cc1. The van der Waals surface area contributed by atoms with Gasteiger partial charge in [0.05, 0.1) is 35.5 Å². The zero-order valence-corrected chi connectivity index (χ0v) is 21.3. The van der Waals surface area contributed by atoms with Crippen LogP contribution >= 0.6 is 0 Å². The molecule has 6 heteroatoms. The molecule has 3 aromatic heterocycles. The Morgan fingerprint density at radius 1 is 1.08 bits per heavy atom. The zero-order valence-electron chi connectivity index (χ0n) is 21.3. The number of pyridine rings is 1. The van der Waals surface area contributed by atoms with Gasteiger partial charge in [0.15, 0.2) is 5.65 Å². The van der Waals surface area contributed by atoms with E-state index >= 15 is 0 Å². The van der Waals surface area contributed by atoms with E-state index in [1.54, 1.807) is 6.26 Å². The molecule has 1 atom stereocenters. The Morgan fingerprint density at radius 2 is 1.92 bits per heavy atom. The number of benzene rings is 2. The number of aryl methyl sites for hydroxylation is 1. The van der Waals surface area contributed by atoms with Gasteiger partial charge in [-0.3, -0.25) is 4.40 Å². The molecule has 0 radical (unpaired) electrons. The number of aromatic nitrogens is 2. The Labute approximate surface area is 216 Å². The largest absolute Gasteiger partial charge is 0.467 e. The summed E-state index contributed by atoms with van der Waals surface area (Å²) in [6.45, 7) is 6.28. The molecule has 0 spiro atoms. The number of anilines is 1. The maximum absolute atomic E-state index is 10.3. The Kier molecular flexibility index (Phi) is 6.15. The van der Waals surface area contributed by atoms with Gasteiger partial charge in [0.25, 0.3) is 0 Å². The molecule has 37 heavy (non-hydrogen) atoms. The fourth-order valence-corrected chi connectivity index (χ4v) is 5.47. The van der Waals surface area contributed by atoms with Crippen molar-refractivity contribution in [1.82, 2.24) is 9.38 Å². The maximum Gasteiger partial charge on any atom is 0.157 e. The number of imidazole rings is 1. The third-order valence-electron chi connectivity index (χ3n) is 7.38. The average Bonchev–Trinajstić information content (AvgIpc) is 3.68. The fourth-order valence-electron chi connectivity index (χ4n) is 5.47. The topological polar surface area (TPSA) is 66.7 Å². The van der Waals surface area contributed by atoms with Crippen molar-refractivity contribution in [1.29, 1.82) is 5.26 Å². The first-order valence-corrected chi connectivity index (χ1v) is 12.9.